The summed E-state index contributed by atoms with van der Waals surface area (Å²) in [6, 6.07) is 13.1. The van der Waals surface area contributed by atoms with Crippen LogP contribution in [0.5, 0.6) is 0 Å². The van der Waals surface area contributed by atoms with E-state index in [-0.39, 0.29) is 16.3 Å². The number of nitro groups is 1. The van der Waals surface area contributed by atoms with Crippen LogP contribution in [0.15, 0.2) is 60.9 Å². The number of para-hydroxylation sites is 1. The summed E-state index contributed by atoms with van der Waals surface area (Å²) in [6.45, 7) is 0.490. The van der Waals surface area contributed by atoms with E-state index < -0.39 is 10.8 Å². The van der Waals surface area contributed by atoms with Gasteiger partial charge in [0.2, 0.25) is 0 Å². The molecule has 1 N–H and O–H groups in total. The van der Waals surface area contributed by atoms with Crippen LogP contribution in [-0.2, 0) is 6.54 Å². The second kappa shape index (κ2) is 7.14. The van der Waals surface area contributed by atoms with Gasteiger partial charge in [-0.05, 0) is 29.8 Å². The zero-order valence-corrected chi connectivity index (χ0v) is 13.7. The molecule has 25 heavy (non-hydrogen) atoms. The van der Waals surface area contributed by atoms with Gasteiger partial charge in [0.05, 0.1) is 11.5 Å². The van der Waals surface area contributed by atoms with Crippen LogP contribution in [0.1, 0.15) is 15.9 Å². The number of anilines is 1. The van der Waals surface area contributed by atoms with Crippen LogP contribution in [0.2, 0.25) is 5.02 Å². The van der Waals surface area contributed by atoms with E-state index in [0.29, 0.717) is 12.2 Å². The number of nitro benzene ring substituents is 1. The molecule has 0 spiro atoms. The number of carbonyl (C=O) groups is 1. The van der Waals surface area contributed by atoms with Crippen molar-refractivity contribution in [2.24, 2.45) is 0 Å². The lowest BCUT2D eigenvalue weighted by Gasteiger charge is -2.11. The quantitative estimate of drug-likeness (QED) is 0.557. The molecule has 0 saturated carbocycles. The predicted molar refractivity (Wildman–Crippen MR) is 93.8 cm³/mol. The molecule has 0 aliphatic carbocycles. The van der Waals surface area contributed by atoms with Gasteiger partial charge in [-0.2, -0.15) is 5.10 Å². The highest BCUT2D eigenvalue weighted by Gasteiger charge is 2.17. The van der Waals surface area contributed by atoms with E-state index in [2.05, 4.69) is 10.4 Å². The van der Waals surface area contributed by atoms with Crippen molar-refractivity contribution in [3.8, 4) is 0 Å². The first-order chi connectivity index (χ1) is 12.0. The summed E-state index contributed by atoms with van der Waals surface area (Å²) in [5, 5.41) is 17.9. The molecule has 7 nitrogen and oxygen atoms in total. The lowest BCUT2D eigenvalue weighted by atomic mass is 10.1. The molecule has 0 fully saturated rings. The fourth-order valence-electron chi connectivity index (χ4n) is 2.34. The molecule has 1 heterocycles. The van der Waals surface area contributed by atoms with Gasteiger partial charge in [0.15, 0.2) is 0 Å². The molecular weight excluding hydrogens is 344 g/mol. The molecule has 3 rings (SSSR count). The van der Waals surface area contributed by atoms with E-state index in [0.717, 1.165) is 11.6 Å². The number of nitrogens with one attached hydrogen (secondary N) is 1. The SMILES string of the molecule is O=C(Nc1ccccc1Cn1cccn1)c1ccc(Cl)c([N+](=O)[O-])c1. The Morgan fingerprint density at radius 1 is 1.24 bits per heavy atom. The fraction of sp³-hybridized carbons (Fsp3) is 0.0588. The smallest absolute Gasteiger partial charge is 0.288 e. The van der Waals surface area contributed by atoms with E-state index in [4.69, 9.17) is 11.6 Å². The van der Waals surface area contributed by atoms with E-state index in [1.54, 1.807) is 23.0 Å². The zero-order chi connectivity index (χ0) is 17.8. The minimum Gasteiger partial charge on any atom is -0.322 e. The maximum absolute atomic E-state index is 12.5. The van der Waals surface area contributed by atoms with Gasteiger partial charge >= 0.3 is 0 Å². The molecule has 0 atom stereocenters. The molecule has 3 aromatic rings. The number of aromatic nitrogens is 2. The number of amides is 1. The first-order valence-corrected chi connectivity index (χ1v) is 7.73. The van der Waals surface area contributed by atoms with Crippen LogP contribution in [0.4, 0.5) is 11.4 Å². The van der Waals surface area contributed by atoms with Gasteiger partial charge in [0.1, 0.15) is 5.02 Å². The molecular formula is C17H13ClN4O3. The highest BCUT2D eigenvalue weighted by atomic mass is 35.5. The molecule has 1 aromatic heterocycles. The molecule has 0 saturated heterocycles. The molecule has 2 aromatic carbocycles. The molecule has 0 aliphatic heterocycles. The molecule has 0 radical (unpaired) electrons. The summed E-state index contributed by atoms with van der Waals surface area (Å²) in [4.78, 5) is 22.8. The second-order valence-electron chi connectivity index (χ2n) is 5.24. The Hall–Kier alpha value is -3.19. The Labute approximate surface area is 148 Å². The molecule has 0 bridgehead atoms. The molecule has 0 unspecified atom stereocenters. The van der Waals surface area contributed by atoms with Gasteiger partial charge in [-0.3, -0.25) is 19.6 Å². The van der Waals surface area contributed by atoms with Gasteiger partial charge in [0.25, 0.3) is 11.6 Å². The summed E-state index contributed by atoms with van der Waals surface area (Å²) in [6.07, 6.45) is 3.50. The molecule has 8 heteroatoms. The van der Waals surface area contributed by atoms with Crippen molar-refractivity contribution in [1.82, 2.24) is 9.78 Å². The Morgan fingerprint density at radius 3 is 2.76 bits per heavy atom. The second-order valence-corrected chi connectivity index (χ2v) is 5.65. The monoisotopic (exact) mass is 356 g/mol. The third kappa shape index (κ3) is 3.84. The number of halogens is 1. The number of rotatable bonds is 5. The minimum atomic E-state index is -0.620. The van der Waals surface area contributed by atoms with Crippen LogP contribution in [0.3, 0.4) is 0 Å². The zero-order valence-electron chi connectivity index (χ0n) is 12.9. The van der Waals surface area contributed by atoms with E-state index in [1.807, 2.05) is 24.4 Å². The fourth-order valence-corrected chi connectivity index (χ4v) is 2.52. The van der Waals surface area contributed by atoms with Gasteiger partial charge in [-0.1, -0.05) is 29.8 Å². The first kappa shape index (κ1) is 16.7. The third-order valence-electron chi connectivity index (χ3n) is 3.56. The third-order valence-corrected chi connectivity index (χ3v) is 3.88. The molecule has 126 valence electrons. The number of hydrogen-bond donors (Lipinski definition) is 1. The maximum atomic E-state index is 12.5. The summed E-state index contributed by atoms with van der Waals surface area (Å²) >= 11 is 5.78. The van der Waals surface area contributed by atoms with Crippen LogP contribution in [-0.4, -0.2) is 20.6 Å². The lowest BCUT2D eigenvalue weighted by molar-refractivity contribution is -0.384. The molecule has 1 amide bonds. The Bertz CT molecular complexity index is 925. The Balaban J connectivity index is 1.84. The summed E-state index contributed by atoms with van der Waals surface area (Å²) in [5.41, 5.74) is 1.33. The standard InChI is InChI=1S/C17H13ClN4O3/c18-14-7-6-12(10-16(14)22(24)25)17(23)20-15-5-2-1-4-13(15)11-21-9-3-8-19-21/h1-10H,11H2,(H,20,23). The Morgan fingerprint density at radius 2 is 2.04 bits per heavy atom. The van der Waals surface area contributed by atoms with Crippen molar-refractivity contribution in [1.29, 1.82) is 0 Å². The largest absolute Gasteiger partial charge is 0.322 e. The van der Waals surface area contributed by atoms with Gasteiger partial charge in [0, 0.05) is 29.7 Å². The summed E-state index contributed by atoms with van der Waals surface area (Å²) in [7, 11) is 0. The van der Waals surface area contributed by atoms with Crippen molar-refractivity contribution in [2.75, 3.05) is 5.32 Å². The van der Waals surface area contributed by atoms with E-state index >= 15 is 0 Å². The predicted octanol–water partition coefficient (Wildman–Crippen LogP) is 3.75. The van der Waals surface area contributed by atoms with E-state index in [9.17, 15) is 14.9 Å². The highest BCUT2D eigenvalue weighted by Crippen LogP contribution is 2.26. The van der Waals surface area contributed by atoms with E-state index in [1.165, 1.54) is 12.1 Å². The van der Waals surface area contributed by atoms with Crippen molar-refractivity contribution < 1.29 is 9.72 Å². The highest BCUT2D eigenvalue weighted by molar-refractivity contribution is 6.32. The summed E-state index contributed by atoms with van der Waals surface area (Å²) in [5.74, 6) is -0.451. The Kier molecular flexibility index (Phi) is 4.76. The lowest BCUT2D eigenvalue weighted by Crippen LogP contribution is -2.14. The number of benzene rings is 2. The number of carbonyl (C=O) groups excluding carboxylic acids is 1. The van der Waals surface area contributed by atoms with Crippen molar-refractivity contribution in [2.45, 2.75) is 6.54 Å². The van der Waals surface area contributed by atoms with Gasteiger partial charge < -0.3 is 5.32 Å². The van der Waals surface area contributed by atoms with Crippen LogP contribution in [0, 0.1) is 10.1 Å². The first-order valence-electron chi connectivity index (χ1n) is 7.35. The summed E-state index contributed by atoms with van der Waals surface area (Å²) < 4.78 is 1.73. The number of nitrogens with zero attached hydrogens (tertiary/aromatic N) is 3. The van der Waals surface area contributed by atoms with Gasteiger partial charge in [-0.25, -0.2) is 0 Å². The van der Waals surface area contributed by atoms with Crippen LogP contribution in [0.25, 0.3) is 0 Å². The van der Waals surface area contributed by atoms with Crippen LogP contribution < -0.4 is 5.32 Å². The number of hydrogen-bond acceptors (Lipinski definition) is 4. The van der Waals surface area contributed by atoms with Crippen molar-refractivity contribution in [3.05, 3.63) is 87.2 Å². The topological polar surface area (TPSA) is 90.1 Å². The van der Waals surface area contributed by atoms with Crippen molar-refractivity contribution >= 4 is 28.9 Å². The van der Waals surface area contributed by atoms with Gasteiger partial charge in [-0.15, -0.1) is 0 Å². The average molecular weight is 357 g/mol. The molecule has 0 aliphatic rings. The van der Waals surface area contributed by atoms with Crippen LogP contribution >= 0.6 is 11.6 Å². The maximum Gasteiger partial charge on any atom is 0.288 e. The normalized spacial score (nSPS) is 10.4. The average Bonchev–Trinajstić information content (AvgIpc) is 3.09. The van der Waals surface area contributed by atoms with Crippen molar-refractivity contribution in [3.63, 3.8) is 0 Å². The minimum absolute atomic E-state index is 0.0133.